The average Bonchev–Trinajstić information content (AvgIpc) is 1.86. The van der Waals surface area contributed by atoms with E-state index < -0.39 is 0 Å². The summed E-state index contributed by atoms with van der Waals surface area (Å²) in [5.41, 5.74) is 0. The van der Waals surface area contributed by atoms with E-state index in [0.29, 0.717) is 0 Å². The Hall–Kier alpha value is 0.830. The van der Waals surface area contributed by atoms with Crippen molar-refractivity contribution in [1.82, 2.24) is 0 Å². The molecule has 0 rings (SSSR count). The van der Waals surface area contributed by atoms with Crippen LogP contribution in [0.2, 0.25) is 0 Å². The maximum absolute atomic E-state index is 3.70. The summed E-state index contributed by atoms with van der Waals surface area (Å²) >= 11 is 5.64. The summed E-state index contributed by atoms with van der Waals surface area (Å²) < 4.78 is 0. The van der Waals surface area contributed by atoms with Gasteiger partial charge in [-0.1, -0.05) is 29.8 Å². The molecule has 1 atom stereocenters. The van der Waals surface area contributed by atoms with Crippen LogP contribution in [0.15, 0.2) is 0 Å². The first-order valence-electron chi connectivity index (χ1n) is 4.29. The highest BCUT2D eigenvalue weighted by Crippen LogP contribution is 2.18. The van der Waals surface area contributed by atoms with Gasteiger partial charge in [0.2, 0.25) is 0 Å². The Morgan fingerprint density at radius 2 is 2.00 bits per heavy atom. The van der Waals surface area contributed by atoms with Gasteiger partial charge < -0.3 is 0 Å². The van der Waals surface area contributed by atoms with Crippen LogP contribution in [0.4, 0.5) is 0 Å². The number of hydrogen-bond donors (Lipinski definition) is 0. The van der Waals surface area contributed by atoms with Gasteiger partial charge in [-0.3, -0.25) is 0 Å². The maximum Gasteiger partial charge on any atom is 0.0148 e. The number of halogens is 1. The molecule has 0 heterocycles. The van der Waals surface area contributed by atoms with E-state index in [1.165, 1.54) is 25.0 Å². The average molecular weight is 239 g/mol. The second-order valence-electron chi connectivity index (χ2n) is 3.36. The smallest absolute Gasteiger partial charge is 0.0148 e. The van der Waals surface area contributed by atoms with E-state index >= 15 is 0 Å². The van der Waals surface area contributed by atoms with Crippen LogP contribution in [0.5, 0.6) is 0 Å². The monoisotopic (exact) mass is 238 g/mol. The van der Waals surface area contributed by atoms with E-state index in [2.05, 4.69) is 36.0 Å². The zero-order valence-electron chi connectivity index (χ0n) is 7.77. The van der Waals surface area contributed by atoms with Crippen LogP contribution >= 0.6 is 27.7 Å². The van der Waals surface area contributed by atoms with Crippen molar-refractivity contribution in [2.45, 2.75) is 37.9 Å². The van der Waals surface area contributed by atoms with Crippen LogP contribution in [-0.2, 0) is 0 Å². The largest absolute Gasteiger partial charge is 0.165 e. The summed E-state index contributed by atoms with van der Waals surface area (Å²) in [4.78, 5) is 0.745. The number of rotatable bonds is 6. The second kappa shape index (κ2) is 7.48. The van der Waals surface area contributed by atoms with Gasteiger partial charge in [0, 0.05) is 4.83 Å². The lowest BCUT2D eigenvalue weighted by Crippen LogP contribution is -2.02. The summed E-state index contributed by atoms with van der Waals surface area (Å²) in [7, 11) is 0. The second-order valence-corrected chi connectivity index (χ2v) is 5.64. The molecule has 0 saturated carbocycles. The number of thioether (sulfide) groups is 1. The highest BCUT2D eigenvalue weighted by molar-refractivity contribution is 9.09. The third-order valence-corrected chi connectivity index (χ3v) is 3.12. The predicted octanol–water partition coefficient (Wildman–Crippen LogP) is 3.94. The minimum atomic E-state index is 0.745. The van der Waals surface area contributed by atoms with Gasteiger partial charge in [0.25, 0.3) is 0 Å². The van der Waals surface area contributed by atoms with Crippen molar-refractivity contribution in [2.24, 2.45) is 5.92 Å². The molecular formula is C9H19BrS. The van der Waals surface area contributed by atoms with Crippen molar-refractivity contribution >= 4 is 27.7 Å². The highest BCUT2D eigenvalue weighted by atomic mass is 79.9. The zero-order valence-corrected chi connectivity index (χ0v) is 10.2. The molecule has 0 spiro atoms. The van der Waals surface area contributed by atoms with E-state index in [9.17, 15) is 0 Å². The zero-order chi connectivity index (χ0) is 8.69. The van der Waals surface area contributed by atoms with Gasteiger partial charge in [-0.05, 0) is 37.2 Å². The summed E-state index contributed by atoms with van der Waals surface area (Å²) in [5.74, 6) is 2.13. The lowest BCUT2D eigenvalue weighted by molar-refractivity contribution is 0.552. The van der Waals surface area contributed by atoms with Gasteiger partial charge in [-0.2, -0.15) is 11.8 Å². The van der Waals surface area contributed by atoms with Crippen LogP contribution in [0, 0.1) is 5.92 Å². The van der Waals surface area contributed by atoms with Crippen molar-refractivity contribution < 1.29 is 0 Å². The fraction of sp³-hybridized carbons (Fsp3) is 1.00. The summed E-state index contributed by atoms with van der Waals surface area (Å²) in [6, 6.07) is 0. The van der Waals surface area contributed by atoms with Gasteiger partial charge >= 0.3 is 0 Å². The molecule has 1 unspecified atom stereocenters. The molecule has 0 saturated heterocycles. The Balaban J connectivity index is 3.15. The first-order valence-corrected chi connectivity index (χ1v) is 6.60. The molecule has 0 aromatic carbocycles. The highest BCUT2D eigenvalue weighted by Gasteiger charge is 2.05. The van der Waals surface area contributed by atoms with Crippen molar-refractivity contribution in [3.63, 3.8) is 0 Å². The molecule has 0 aromatic heterocycles. The molecule has 0 aliphatic carbocycles. The number of hydrogen-bond acceptors (Lipinski definition) is 1. The van der Waals surface area contributed by atoms with Crippen LogP contribution in [0.25, 0.3) is 0 Å². The Kier molecular flexibility index (Phi) is 8.04. The lowest BCUT2D eigenvalue weighted by Gasteiger charge is -2.11. The Bertz CT molecular complexity index is 83.6. The molecule has 0 nitrogen and oxygen atoms in total. The minimum absolute atomic E-state index is 0.745. The molecule has 0 fully saturated rings. The standard InChI is InChI=1S/C9H19BrS/c1-8(2)7-9(10)5-4-6-11-3/h8-9H,4-7H2,1-3H3. The molecule has 0 aromatic rings. The van der Waals surface area contributed by atoms with Crippen molar-refractivity contribution in [3.8, 4) is 0 Å². The molecule has 0 amide bonds. The molecular weight excluding hydrogens is 220 g/mol. The quantitative estimate of drug-likeness (QED) is 0.499. The maximum atomic E-state index is 3.70. The Morgan fingerprint density at radius 1 is 1.36 bits per heavy atom. The Morgan fingerprint density at radius 3 is 2.45 bits per heavy atom. The van der Waals surface area contributed by atoms with Crippen molar-refractivity contribution in [2.75, 3.05) is 12.0 Å². The van der Waals surface area contributed by atoms with Gasteiger partial charge in [-0.15, -0.1) is 0 Å². The fourth-order valence-electron chi connectivity index (χ4n) is 1.08. The van der Waals surface area contributed by atoms with Gasteiger partial charge in [0.15, 0.2) is 0 Å². The third-order valence-electron chi connectivity index (χ3n) is 1.59. The topological polar surface area (TPSA) is 0 Å². The van der Waals surface area contributed by atoms with Crippen LogP contribution < -0.4 is 0 Å². The van der Waals surface area contributed by atoms with Crippen LogP contribution in [-0.4, -0.2) is 16.8 Å². The van der Waals surface area contributed by atoms with E-state index in [0.717, 1.165) is 10.7 Å². The lowest BCUT2D eigenvalue weighted by atomic mass is 10.1. The molecule has 11 heavy (non-hydrogen) atoms. The minimum Gasteiger partial charge on any atom is -0.165 e. The first-order chi connectivity index (χ1) is 5.16. The molecule has 0 aliphatic rings. The van der Waals surface area contributed by atoms with Gasteiger partial charge in [-0.25, -0.2) is 0 Å². The van der Waals surface area contributed by atoms with Gasteiger partial charge in [0.1, 0.15) is 0 Å². The predicted molar refractivity (Wildman–Crippen MR) is 59.8 cm³/mol. The molecule has 2 heteroatoms. The summed E-state index contributed by atoms with van der Waals surface area (Å²) in [5, 5.41) is 0. The third kappa shape index (κ3) is 8.74. The van der Waals surface area contributed by atoms with E-state index in [1.54, 1.807) is 0 Å². The summed E-state index contributed by atoms with van der Waals surface area (Å²) in [6.45, 7) is 4.56. The molecule has 0 N–H and O–H groups in total. The van der Waals surface area contributed by atoms with Crippen LogP contribution in [0.3, 0.4) is 0 Å². The van der Waals surface area contributed by atoms with Crippen LogP contribution in [0.1, 0.15) is 33.1 Å². The molecule has 0 aliphatic heterocycles. The van der Waals surface area contributed by atoms with E-state index in [-0.39, 0.29) is 0 Å². The SMILES string of the molecule is CSCCCC(Br)CC(C)C. The normalized spacial score (nSPS) is 13.9. The van der Waals surface area contributed by atoms with E-state index in [4.69, 9.17) is 0 Å². The first kappa shape index (κ1) is 11.8. The number of alkyl halides is 1. The molecule has 0 bridgehead atoms. The fourth-order valence-corrected chi connectivity index (χ4v) is 2.61. The molecule has 0 radical (unpaired) electrons. The van der Waals surface area contributed by atoms with Gasteiger partial charge in [0.05, 0.1) is 0 Å². The summed E-state index contributed by atoms with van der Waals surface area (Å²) in [6.07, 6.45) is 6.17. The molecule has 68 valence electrons. The Labute approximate surface area is 83.6 Å². The van der Waals surface area contributed by atoms with Crippen molar-refractivity contribution in [3.05, 3.63) is 0 Å². The van der Waals surface area contributed by atoms with E-state index in [1.807, 2.05) is 11.8 Å². The van der Waals surface area contributed by atoms with Crippen molar-refractivity contribution in [1.29, 1.82) is 0 Å².